The molecule has 3 rings (SSSR count). The van der Waals surface area contributed by atoms with E-state index in [4.69, 9.17) is 10.2 Å². The van der Waals surface area contributed by atoms with E-state index in [-0.39, 0.29) is 12.5 Å². The van der Waals surface area contributed by atoms with Crippen molar-refractivity contribution < 1.29 is 9.21 Å². The van der Waals surface area contributed by atoms with Crippen LogP contribution in [0.5, 0.6) is 0 Å². The number of furan rings is 1. The first-order valence-electron chi connectivity index (χ1n) is 7.23. The maximum atomic E-state index is 11.2. The molecule has 1 saturated carbocycles. The molecule has 2 aromatic rings. The lowest BCUT2D eigenvalue weighted by atomic mass is 10.3. The van der Waals surface area contributed by atoms with Crippen molar-refractivity contribution in [1.82, 2.24) is 4.90 Å². The first-order valence-corrected chi connectivity index (χ1v) is 8.11. The maximum absolute atomic E-state index is 11.2. The van der Waals surface area contributed by atoms with E-state index < -0.39 is 0 Å². The molecule has 5 heteroatoms. The zero-order valence-corrected chi connectivity index (χ0v) is 12.9. The Balaban J connectivity index is 1.65. The number of hydrogen-bond acceptors (Lipinski definition) is 4. The summed E-state index contributed by atoms with van der Waals surface area (Å²) >= 11 is 1.68. The quantitative estimate of drug-likeness (QED) is 0.855. The highest BCUT2D eigenvalue weighted by Crippen LogP contribution is 2.47. The molecule has 2 N–H and O–H groups in total. The Morgan fingerprint density at radius 1 is 1.43 bits per heavy atom. The minimum absolute atomic E-state index is 0.244. The van der Waals surface area contributed by atoms with Crippen molar-refractivity contribution in [2.75, 3.05) is 6.54 Å². The predicted molar refractivity (Wildman–Crippen MR) is 82.9 cm³/mol. The van der Waals surface area contributed by atoms with E-state index >= 15 is 0 Å². The van der Waals surface area contributed by atoms with Gasteiger partial charge in [-0.3, -0.25) is 9.69 Å². The zero-order chi connectivity index (χ0) is 14.8. The SMILES string of the molecule is C[C@H]1C[C@H]1c1ccc(CN(CC(N)=O)Cc2cccs2)o1. The van der Waals surface area contributed by atoms with E-state index in [1.54, 1.807) is 11.3 Å². The third kappa shape index (κ3) is 3.74. The summed E-state index contributed by atoms with van der Waals surface area (Å²) in [7, 11) is 0. The molecule has 112 valence electrons. The van der Waals surface area contributed by atoms with Gasteiger partial charge in [0.15, 0.2) is 0 Å². The van der Waals surface area contributed by atoms with E-state index in [9.17, 15) is 4.79 Å². The third-order valence-electron chi connectivity index (χ3n) is 3.88. The topological polar surface area (TPSA) is 59.5 Å². The van der Waals surface area contributed by atoms with Crippen molar-refractivity contribution in [3.8, 4) is 0 Å². The number of nitrogens with two attached hydrogens (primary N) is 1. The number of primary amides is 1. The van der Waals surface area contributed by atoms with Crippen LogP contribution in [0.4, 0.5) is 0 Å². The normalized spacial score (nSPS) is 20.9. The van der Waals surface area contributed by atoms with Gasteiger partial charge in [-0.15, -0.1) is 11.3 Å². The Morgan fingerprint density at radius 3 is 2.86 bits per heavy atom. The molecule has 0 unspecified atom stereocenters. The number of amides is 1. The van der Waals surface area contributed by atoms with Gasteiger partial charge in [0, 0.05) is 17.3 Å². The van der Waals surface area contributed by atoms with Crippen LogP contribution >= 0.6 is 11.3 Å². The Morgan fingerprint density at radius 2 is 2.24 bits per heavy atom. The van der Waals surface area contributed by atoms with Crippen LogP contribution in [0, 0.1) is 5.92 Å². The molecule has 1 fully saturated rings. The summed E-state index contributed by atoms with van der Waals surface area (Å²) < 4.78 is 5.92. The molecule has 0 saturated heterocycles. The van der Waals surface area contributed by atoms with Gasteiger partial charge in [0.1, 0.15) is 11.5 Å². The Kier molecular flexibility index (Phi) is 4.12. The summed E-state index contributed by atoms with van der Waals surface area (Å²) in [4.78, 5) is 14.5. The summed E-state index contributed by atoms with van der Waals surface area (Å²) in [5, 5.41) is 2.04. The van der Waals surface area contributed by atoms with E-state index in [0.717, 1.165) is 24.0 Å². The summed E-state index contributed by atoms with van der Waals surface area (Å²) in [5.74, 6) is 2.99. The monoisotopic (exact) mass is 304 g/mol. The van der Waals surface area contributed by atoms with E-state index in [2.05, 4.69) is 19.1 Å². The van der Waals surface area contributed by atoms with Crippen molar-refractivity contribution in [2.45, 2.75) is 32.4 Å². The molecule has 4 nitrogen and oxygen atoms in total. The molecule has 0 bridgehead atoms. The molecule has 1 amide bonds. The third-order valence-corrected chi connectivity index (χ3v) is 4.74. The highest BCUT2D eigenvalue weighted by Gasteiger charge is 2.36. The Hall–Kier alpha value is -1.59. The Labute approximate surface area is 128 Å². The number of thiophene rings is 1. The largest absolute Gasteiger partial charge is 0.464 e. The molecule has 2 atom stereocenters. The average molecular weight is 304 g/mol. The molecule has 0 aromatic carbocycles. The van der Waals surface area contributed by atoms with Crippen LogP contribution in [0.3, 0.4) is 0 Å². The average Bonchev–Trinajstić information content (AvgIpc) is 2.84. The molecular formula is C16H20N2O2S. The van der Waals surface area contributed by atoms with Gasteiger partial charge in [-0.25, -0.2) is 0 Å². The first kappa shape index (κ1) is 14.4. The summed E-state index contributed by atoms with van der Waals surface area (Å²) in [6.45, 7) is 3.81. The number of hydrogen-bond donors (Lipinski definition) is 1. The first-order chi connectivity index (χ1) is 10.1. The van der Waals surface area contributed by atoms with Crippen LogP contribution in [0.25, 0.3) is 0 Å². The second-order valence-electron chi connectivity index (χ2n) is 5.81. The number of nitrogens with zero attached hydrogens (tertiary/aromatic N) is 1. The molecule has 0 spiro atoms. The van der Waals surface area contributed by atoms with Gasteiger partial charge < -0.3 is 10.2 Å². The van der Waals surface area contributed by atoms with Crippen molar-refractivity contribution in [3.63, 3.8) is 0 Å². The fourth-order valence-electron chi connectivity index (χ4n) is 2.63. The van der Waals surface area contributed by atoms with Gasteiger partial charge in [-0.2, -0.15) is 0 Å². The molecule has 1 aliphatic rings. The van der Waals surface area contributed by atoms with Crippen molar-refractivity contribution in [3.05, 3.63) is 46.0 Å². The second-order valence-corrected chi connectivity index (χ2v) is 6.85. The fraction of sp³-hybridized carbons (Fsp3) is 0.438. The van der Waals surface area contributed by atoms with Crippen molar-refractivity contribution >= 4 is 17.2 Å². The summed E-state index contributed by atoms with van der Waals surface area (Å²) in [5.41, 5.74) is 5.35. The number of carbonyl (C=O) groups is 1. The lowest BCUT2D eigenvalue weighted by Crippen LogP contribution is -2.32. The van der Waals surface area contributed by atoms with Gasteiger partial charge in [0.2, 0.25) is 5.91 Å². The van der Waals surface area contributed by atoms with E-state index in [1.165, 1.54) is 11.3 Å². The molecular weight excluding hydrogens is 284 g/mol. The molecule has 2 heterocycles. The van der Waals surface area contributed by atoms with Crippen molar-refractivity contribution in [2.24, 2.45) is 11.7 Å². The van der Waals surface area contributed by atoms with Crippen molar-refractivity contribution in [1.29, 1.82) is 0 Å². The Bertz CT molecular complexity index is 606. The highest BCUT2D eigenvalue weighted by molar-refractivity contribution is 7.09. The molecule has 21 heavy (non-hydrogen) atoms. The summed E-state index contributed by atoms with van der Waals surface area (Å²) in [6.07, 6.45) is 1.22. The van der Waals surface area contributed by atoms with Crippen LogP contribution in [0.1, 0.15) is 35.7 Å². The van der Waals surface area contributed by atoms with Crippen LogP contribution in [0.15, 0.2) is 34.1 Å². The smallest absolute Gasteiger partial charge is 0.231 e. The minimum Gasteiger partial charge on any atom is -0.464 e. The lowest BCUT2D eigenvalue weighted by molar-refractivity contribution is -0.119. The zero-order valence-electron chi connectivity index (χ0n) is 12.1. The molecule has 2 aromatic heterocycles. The second kappa shape index (κ2) is 6.03. The van der Waals surface area contributed by atoms with Gasteiger partial charge in [-0.05, 0) is 35.9 Å². The minimum atomic E-state index is -0.311. The molecule has 0 aliphatic heterocycles. The number of rotatable bonds is 7. The fourth-order valence-corrected chi connectivity index (χ4v) is 3.37. The van der Waals surface area contributed by atoms with Gasteiger partial charge in [0.05, 0.1) is 13.1 Å². The van der Waals surface area contributed by atoms with Crippen LogP contribution < -0.4 is 5.73 Å². The van der Waals surface area contributed by atoms with E-state index in [0.29, 0.717) is 12.5 Å². The highest BCUT2D eigenvalue weighted by atomic mass is 32.1. The standard InChI is InChI=1S/C16H20N2O2S/c1-11-7-14(11)15-5-4-12(20-15)8-18(10-16(17)19)9-13-3-2-6-21-13/h2-6,11,14H,7-10H2,1H3,(H2,17,19)/t11-,14+/m0/s1. The van der Waals surface area contributed by atoms with Crippen LogP contribution in [-0.2, 0) is 17.9 Å². The van der Waals surface area contributed by atoms with Gasteiger partial charge >= 0.3 is 0 Å². The lowest BCUT2D eigenvalue weighted by Gasteiger charge is -2.18. The molecule has 1 aliphatic carbocycles. The van der Waals surface area contributed by atoms with Gasteiger partial charge in [-0.1, -0.05) is 13.0 Å². The van der Waals surface area contributed by atoms with E-state index in [1.807, 2.05) is 22.4 Å². The molecule has 0 radical (unpaired) electrons. The predicted octanol–water partition coefficient (Wildman–Crippen LogP) is 2.95. The maximum Gasteiger partial charge on any atom is 0.231 e. The van der Waals surface area contributed by atoms with Crippen LogP contribution in [-0.4, -0.2) is 17.4 Å². The van der Waals surface area contributed by atoms with Gasteiger partial charge in [0.25, 0.3) is 0 Å². The van der Waals surface area contributed by atoms with Crippen LogP contribution in [0.2, 0.25) is 0 Å². The summed E-state index contributed by atoms with van der Waals surface area (Å²) in [6, 6.07) is 8.17. The number of carbonyl (C=O) groups excluding carboxylic acids is 1.